The Balaban J connectivity index is 2.38. The molecule has 0 bridgehead atoms. The Kier molecular flexibility index (Phi) is 5.49. The molecule has 0 fully saturated rings. The quantitative estimate of drug-likeness (QED) is 0.493. The minimum atomic E-state index is -0.424. The number of nitrogens with one attached hydrogen (secondary N) is 1. The van der Waals surface area contributed by atoms with Gasteiger partial charge in [0.05, 0.1) is 27.0 Å². The zero-order valence-electron chi connectivity index (χ0n) is 13.4. The summed E-state index contributed by atoms with van der Waals surface area (Å²) in [4.78, 5) is 15.2. The summed E-state index contributed by atoms with van der Waals surface area (Å²) in [5.74, 6) is 0.825. The molecule has 0 spiro atoms. The van der Waals surface area contributed by atoms with E-state index in [1.54, 1.807) is 36.4 Å². The summed E-state index contributed by atoms with van der Waals surface area (Å²) >= 11 is 0. The fourth-order valence-electron chi connectivity index (χ4n) is 2.15. The largest absolute Gasteiger partial charge is 0.493 e. The van der Waals surface area contributed by atoms with Crippen LogP contribution in [0.1, 0.15) is 10.4 Å². The van der Waals surface area contributed by atoms with Gasteiger partial charge >= 0.3 is 0 Å². The predicted molar refractivity (Wildman–Crippen MR) is 89.3 cm³/mol. The van der Waals surface area contributed by atoms with Gasteiger partial charge in [-0.3, -0.25) is 4.79 Å². The van der Waals surface area contributed by atoms with Gasteiger partial charge in [-0.1, -0.05) is 23.3 Å². The number of hydrogen-bond acceptors (Lipinski definition) is 5. The summed E-state index contributed by atoms with van der Waals surface area (Å²) in [5, 5.41) is 6.23. The van der Waals surface area contributed by atoms with Gasteiger partial charge < -0.3 is 19.5 Å². The van der Waals surface area contributed by atoms with Gasteiger partial charge in [0, 0.05) is 28.3 Å². The van der Waals surface area contributed by atoms with Crippen LogP contribution in [0.5, 0.6) is 17.2 Å². The molecule has 0 aliphatic carbocycles. The molecule has 8 heteroatoms. The lowest BCUT2D eigenvalue weighted by atomic mass is 10.1. The monoisotopic (exact) mass is 328 g/mol. The second-order valence-electron chi connectivity index (χ2n) is 4.57. The molecule has 2 rings (SSSR count). The smallest absolute Gasteiger partial charge is 0.256 e. The van der Waals surface area contributed by atoms with E-state index in [-0.39, 0.29) is 11.3 Å². The van der Waals surface area contributed by atoms with Crippen LogP contribution in [0.4, 0.5) is 11.4 Å². The first kappa shape index (κ1) is 17.0. The van der Waals surface area contributed by atoms with Crippen molar-refractivity contribution >= 4 is 17.3 Å². The van der Waals surface area contributed by atoms with Gasteiger partial charge in [-0.25, -0.2) is 0 Å². The third-order valence-corrected chi connectivity index (χ3v) is 3.22. The minimum Gasteiger partial charge on any atom is -0.493 e. The Morgan fingerprint density at radius 2 is 1.71 bits per heavy atom. The first-order chi connectivity index (χ1) is 11.6. The van der Waals surface area contributed by atoms with Crippen LogP contribution in [0, 0.1) is 0 Å². The van der Waals surface area contributed by atoms with Crippen LogP contribution in [0.25, 0.3) is 10.4 Å². The van der Waals surface area contributed by atoms with Gasteiger partial charge in [0.15, 0.2) is 11.5 Å². The zero-order valence-corrected chi connectivity index (χ0v) is 13.4. The highest BCUT2D eigenvalue weighted by molar-refractivity contribution is 6.07. The fraction of sp³-hybridized carbons (Fsp3) is 0.188. The standard InChI is InChI=1S/C16H16N4O4/c1-22-13-8-10(9-14(23-2)15(13)24-3)18-16(21)11-6-4-5-7-12(11)19-20-17/h4-9H,1-3H3,(H,18,21). The number of hydrogen-bond donors (Lipinski definition) is 1. The van der Waals surface area contributed by atoms with E-state index < -0.39 is 5.91 Å². The maximum absolute atomic E-state index is 12.5. The molecule has 0 saturated heterocycles. The summed E-state index contributed by atoms with van der Waals surface area (Å²) in [6, 6.07) is 9.70. The molecule has 0 aromatic heterocycles. The number of anilines is 1. The molecule has 1 N–H and O–H groups in total. The van der Waals surface area contributed by atoms with Crippen molar-refractivity contribution in [1.82, 2.24) is 0 Å². The zero-order chi connectivity index (χ0) is 17.5. The van der Waals surface area contributed by atoms with E-state index in [9.17, 15) is 4.79 Å². The lowest BCUT2D eigenvalue weighted by Crippen LogP contribution is -2.12. The van der Waals surface area contributed by atoms with E-state index in [0.29, 0.717) is 22.9 Å². The molecule has 124 valence electrons. The molecule has 8 nitrogen and oxygen atoms in total. The van der Waals surface area contributed by atoms with Crippen LogP contribution >= 0.6 is 0 Å². The SMILES string of the molecule is COc1cc(NC(=O)c2ccccc2N=[N+]=[N-])cc(OC)c1OC. The number of carbonyl (C=O) groups is 1. The van der Waals surface area contributed by atoms with Crippen LogP contribution < -0.4 is 19.5 Å². The predicted octanol–water partition coefficient (Wildman–Crippen LogP) is 3.91. The van der Waals surface area contributed by atoms with Gasteiger partial charge in [0.2, 0.25) is 5.75 Å². The summed E-state index contributed by atoms with van der Waals surface area (Å²) < 4.78 is 15.7. The molecule has 0 heterocycles. The van der Waals surface area contributed by atoms with Gasteiger partial charge in [0.25, 0.3) is 5.91 Å². The van der Waals surface area contributed by atoms with Crippen molar-refractivity contribution in [2.24, 2.45) is 5.11 Å². The van der Waals surface area contributed by atoms with Gasteiger partial charge in [-0.15, -0.1) is 0 Å². The molecule has 2 aromatic carbocycles. The summed E-state index contributed by atoms with van der Waals surface area (Å²) in [6.45, 7) is 0. The molecular formula is C16H16N4O4. The molecule has 1 amide bonds. The van der Waals surface area contributed by atoms with Gasteiger partial charge in [0.1, 0.15) is 0 Å². The molecule has 0 saturated carbocycles. The number of amides is 1. The number of rotatable bonds is 6. The first-order valence-corrected chi connectivity index (χ1v) is 6.90. The van der Waals surface area contributed by atoms with Crippen LogP contribution in [-0.2, 0) is 0 Å². The second kappa shape index (κ2) is 7.75. The maximum Gasteiger partial charge on any atom is 0.256 e. The summed E-state index contributed by atoms with van der Waals surface area (Å²) in [6.07, 6.45) is 0. The molecule has 0 atom stereocenters. The minimum absolute atomic E-state index is 0.241. The van der Waals surface area contributed by atoms with Crippen LogP contribution in [0.2, 0.25) is 0 Å². The Labute approximate surface area is 138 Å². The Morgan fingerprint density at radius 3 is 2.25 bits per heavy atom. The summed E-state index contributed by atoms with van der Waals surface area (Å²) in [5.41, 5.74) is 9.53. The van der Waals surface area contributed by atoms with E-state index in [2.05, 4.69) is 15.3 Å². The lowest BCUT2D eigenvalue weighted by Gasteiger charge is -2.15. The first-order valence-electron chi connectivity index (χ1n) is 6.90. The molecule has 2 aromatic rings. The second-order valence-corrected chi connectivity index (χ2v) is 4.57. The van der Waals surface area contributed by atoms with Crippen molar-refractivity contribution in [3.8, 4) is 17.2 Å². The summed E-state index contributed by atoms with van der Waals surface area (Å²) in [7, 11) is 4.47. The van der Waals surface area contributed by atoms with E-state index in [4.69, 9.17) is 19.7 Å². The molecule has 0 aliphatic heterocycles. The van der Waals surface area contributed by atoms with E-state index in [0.717, 1.165) is 0 Å². The molecule has 0 aliphatic rings. The number of nitrogens with zero attached hydrogens (tertiary/aromatic N) is 3. The number of azide groups is 1. The number of carbonyl (C=O) groups excluding carboxylic acids is 1. The van der Waals surface area contributed by atoms with Crippen LogP contribution in [0.15, 0.2) is 41.5 Å². The fourth-order valence-corrected chi connectivity index (χ4v) is 2.15. The topological polar surface area (TPSA) is 106 Å². The Bertz CT molecular complexity index is 775. The normalized spacial score (nSPS) is 9.62. The van der Waals surface area contributed by atoms with Crippen LogP contribution in [-0.4, -0.2) is 27.2 Å². The van der Waals surface area contributed by atoms with E-state index in [1.165, 1.54) is 21.3 Å². The average Bonchev–Trinajstić information content (AvgIpc) is 2.61. The van der Waals surface area contributed by atoms with Crippen molar-refractivity contribution < 1.29 is 19.0 Å². The highest BCUT2D eigenvalue weighted by Crippen LogP contribution is 2.40. The molecule has 0 unspecified atom stereocenters. The lowest BCUT2D eigenvalue weighted by molar-refractivity contribution is 0.102. The van der Waals surface area contributed by atoms with Crippen molar-refractivity contribution in [2.75, 3.05) is 26.6 Å². The van der Waals surface area contributed by atoms with E-state index in [1.807, 2.05) is 0 Å². The Morgan fingerprint density at radius 1 is 1.08 bits per heavy atom. The van der Waals surface area contributed by atoms with Crippen molar-refractivity contribution in [3.63, 3.8) is 0 Å². The Hall–Kier alpha value is -3.38. The highest BCUT2D eigenvalue weighted by atomic mass is 16.5. The average molecular weight is 328 g/mol. The molecular weight excluding hydrogens is 312 g/mol. The maximum atomic E-state index is 12.5. The number of benzene rings is 2. The van der Waals surface area contributed by atoms with Gasteiger partial charge in [-0.05, 0) is 11.6 Å². The van der Waals surface area contributed by atoms with Gasteiger partial charge in [-0.2, -0.15) is 0 Å². The van der Waals surface area contributed by atoms with E-state index >= 15 is 0 Å². The van der Waals surface area contributed by atoms with Crippen molar-refractivity contribution in [1.29, 1.82) is 0 Å². The third kappa shape index (κ3) is 3.50. The molecule has 0 radical (unpaired) electrons. The highest BCUT2D eigenvalue weighted by Gasteiger charge is 2.16. The van der Waals surface area contributed by atoms with Crippen LogP contribution in [0.3, 0.4) is 0 Å². The number of methoxy groups -OCH3 is 3. The third-order valence-electron chi connectivity index (χ3n) is 3.22. The van der Waals surface area contributed by atoms with Crippen molar-refractivity contribution in [2.45, 2.75) is 0 Å². The molecule has 24 heavy (non-hydrogen) atoms. The van der Waals surface area contributed by atoms with Crippen molar-refractivity contribution in [3.05, 3.63) is 52.4 Å². The number of ether oxygens (including phenoxy) is 3.